The second-order valence-electron chi connectivity index (χ2n) is 15.2. The van der Waals surface area contributed by atoms with Crippen LogP contribution in [0.25, 0.3) is 0 Å². The van der Waals surface area contributed by atoms with Crippen molar-refractivity contribution in [2.24, 2.45) is 0 Å². The van der Waals surface area contributed by atoms with Gasteiger partial charge in [0.05, 0.1) is 34.4 Å². The third-order valence-electron chi connectivity index (χ3n) is 9.04. The molecule has 0 heterocycles. The Morgan fingerprint density at radius 2 is 1.04 bits per heavy atom. The number of likely N-dealkylation sites (N-methyl/N-ethyl adjacent to an activating group) is 1. The molecule has 2 atom stereocenters. The van der Waals surface area contributed by atoms with Gasteiger partial charge in [0.1, 0.15) is 6.61 Å². The highest BCUT2D eigenvalue weighted by molar-refractivity contribution is 5.72. The highest BCUT2D eigenvalue weighted by atomic mass is 16.6. The summed E-state index contributed by atoms with van der Waals surface area (Å²) in [5.41, 5.74) is 0. The molecule has 56 heavy (non-hydrogen) atoms. The fraction of sp³-hybridized carbons (Fsp3) is 0.646. The highest BCUT2D eigenvalue weighted by Gasteiger charge is 2.31. The molecule has 0 saturated carbocycles. The molecule has 2 unspecified atom stereocenters. The van der Waals surface area contributed by atoms with Crippen LogP contribution in [0.2, 0.25) is 0 Å². The predicted octanol–water partition coefficient (Wildman–Crippen LogP) is 11.7. The molecular weight excluding hydrogens is 703 g/mol. The molecule has 0 aromatic carbocycles. The standard InChI is InChI=1S/C48H79NO7/c1-6-8-10-12-14-16-18-20-21-22-23-24-25-27-29-31-33-35-37-39-47(51)56-44(42-54-41-40-45(48(52)53)49(3,4)5)43-55-46(50)38-36-34-32-30-28-26-19-17-15-13-11-9-7-2/h8,10,14,16,20-21,23-24,26-29,32,34,44-45H,6-7,9,11-13,15,17-19,22,25,30-31,33,35-43H2,1-5H3/p+1/b10-8+,16-14+,21-20+,24-23+,28-26+,29-27+,34-32+. The van der Waals surface area contributed by atoms with Gasteiger partial charge in [-0.1, -0.05) is 137 Å². The number of ether oxygens (including phenoxy) is 3. The van der Waals surface area contributed by atoms with E-state index >= 15 is 0 Å². The number of hydrogen-bond acceptors (Lipinski definition) is 6. The number of rotatable bonds is 37. The molecule has 0 aromatic heterocycles. The van der Waals surface area contributed by atoms with Gasteiger partial charge in [-0.3, -0.25) is 9.59 Å². The fourth-order valence-corrected chi connectivity index (χ4v) is 5.70. The van der Waals surface area contributed by atoms with Crippen molar-refractivity contribution in [3.05, 3.63) is 85.1 Å². The third kappa shape index (κ3) is 36.2. The Morgan fingerprint density at radius 3 is 1.55 bits per heavy atom. The zero-order valence-electron chi connectivity index (χ0n) is 36.1. The molecule has 1 N–H and O–H groups in total. The smallest absolute Gasteiger partial charge is 0.362 e. The minimum absolute atomic E-state index is 0.0253. The Morgan fingerprint density at radius 1 is 0.554 bits per heavy atom. The lowest BCUT2D eigenvalue weighted by Gasteiger charge is -2.31. The van der Waals surface area contributed by atoms with Gasteiger partial charge in [0.15, 0.2) is 12.1 Å². The lowest BCUT2D eigenvalue weighted by atomic mass is 10.1. The van der Waals surface area contributed by atoms with Gasteiger partial charge >= 0.3 is 17.9 Å². The van der Waals surface area contributed by atoms with Crippen LogP contribution in [0.1, 0.15) is 149 Å². The Hall–Kier alpha value is -3.49. The van der Waals surface area contributed by atoms with E-state index in [4.69, 9.17) is 14.2 Å². The van der Waals surface area contributed by atoms with Crippen LogP contribution >= 0.6 is 0 Å². The maximum absolute atomic E-state index is 12.7. The van der Waals surface area contributed by atoms with E-state index in [1.165, 1.54) is 38.5 Å². The first-order valence-electron chi connectivity index (χ1n) is 21.6. The predicted molar refractivity (Wildman–Crippen MR) is 233 cm³/mol. The molecule has 0 rings (SSSR count). The van der Waals surface area contributed by atoms with Crippen LogP contribution in [0, 0.1) is 0 Å². The molecule has 0 aliphatic heterocycles. The van der Waals surface area contributed by atoms with Crippen LogP contribution in [0.15, 0.2) is 85.1 Å². The fourth-order valence-electron chi connectivity index (χ4n) is 5.70. The molecule has 0 fully saturated rings. The summed E-state index contributed by atoms with van der Waals surface area (Å²) in [7, 11) is 5.49. The summed E-state index contributed by atoms with van der Waals surface area (Å²) >= 11 is 0. The summed E-state index contributed by atoms with van der Waals surface area (Å²) in [4.78, 5) is 36.9. The number of nitrogens with zero attached hydrogens (tertiary/aromatic N) is 1. The molecule has 0 aliphatic carbocycles. The summed E-state index contributed by atoms with van der Waals surface area (Å²) < 4.78 is 17.1. The second-order valence-corrected chi connectivity index (χ2v) is 15.2. The van der Waals surface area contributed by atoms with Gasteiger partial charge in [-0.25, -0.2) is 4.79 Å². The van der Waals surface area contributed by atoms with Crippen LogP contribution in [0.3, 0.4) is 0 Å². The Balaban J connectivity index is 4.51. The Bertz CT molecular complexity index is 1190. The molecule has 318 valence electrons. The van der Waals surface area contributed by atoms with Gasteiger partial charge in [-0.15, -0.1) is 0 Å². The SMILES string of the molecule is CC/C=C/C/C=C/C/C=C/C/C=C/C/C=C/CCCCCC(=O)OC(COCCC(C(=O)O)[N+](C)(C)C)COC(=O)CC/C=C/C/C=C/CCCCCCCC. The number of esters is 2. The van der Waals surface area contributed by atoms with E-state index in [9.17, 15) is 19.5 Å². The normalized spacial score (nSPS) is 13.8. The maximum Gasteiger partial charge on any atom is 0.362 e. The lowest BCUT2D eigenvalue weighted by Crippen LogP contribution is -2.50. The zero-order valence-corrected chi connectivity index (χ0v) is 36.1. The van der Waals surface area contributed by atoms with E-state index in [0.29, 0.717) is 19.3 Å². The van der Waals surface area contributed by atoms with Gasteiger partial charge in [-0.05, 0) is 77.0 Å². The zero-order chi connectivity index (χ0) is 41.4. The Labute approximate surface area is 342 Å². The number of quaternary nitrogens is 1. The van der Waals surface area contributed by atoms with Crippen LogP contribution in [0.5, 0.6) is 0 Å². The molecule has 0 aromatic rings. The van der Waals surface area contributed by atoms with Crippen molar-refractivity contribution in [1.82, 2.24) is 0 Å². The molecule has 8 heteroatoms. The monoisotopic (exact) mass is 783 g/mol. The maximum atomic E-state index is 12.7. The van der Waals surface area contributed by atoms with Crippen LogP contribution in [-0.4, -0.2) is 80.6 Å². The third-order valence-corrected chi connectivity index (χ3v) is 9.04. The number of allylic oxidation sites excluding steroid dienone is 14. The quantitative estimate of drug-likeness (QED) is 0.0290. The molecule has 0 bridgehead atoms. The van der Waals surface area contributed by atoms with Crippen LogP contribution in [-0.2, 0) is 28.6 Å². The van der Waals surface area contributed by atoms with Crippen molar-refractivity contribution in [2.45, 2.75) is 161 Å². The summed E-state index contributed by atoms with van der Waals surface area (Å²) in [6.07, 6.45) is 49.3. The number of carboxylic acids is 1. The van der Waals surface area contributed by atoms with Crippen molar-refractivity contribution < 1.29 is 38.2 Å². The highest BCUT2D eigenvalue weighted by Crippen LogP contribution is 2.11. The molecule has 0 aliphatic rings. The summed E-state index contributed by atoms with van der Waals surface area (Å²) in [6.45, 7) is 4.49. The number of carbonyl (C=O) groups is 3. The van der Waals surface area contributed by atoms with Crippen LogP contribution < -0.4 is 0 Å². The minimum Gasteiger partial charge on any atom is -0.477 e. The van der Waals surface area contributed by atoms with Gasteiger partial charge < -0.3 is 23.8 Å². The minimum atomic E-state index is -0.891. The number of carbonyl (C=O) groups excluding carboxylic acids is 2. The molecular formula is C48H80NO7+. The van der Waals surface area contributed by atoms with E-state index in [1.54, 1.807) is 0 Å². The number of aliphatic carboxylic acids is 1. The first-order chi connectivity index (χ1) is 27.1. The van der Waals surface area contributed by atoms with Gasteiger partial charge in [-0.2, -0.15) is 0 Å². The molecule has 0 amide bonds. The number of hydrogen-bond donors (Lipinski definition) is 1. The second kappa shape index (κ2) is 38.4. The summed E-state index contributed by atoms with van der Waals surface area (Å²) in [5.74, 6) is -1.61. The van der Waals surface area contributed by atoms with Crippen molar-refractivity contribution >= 4 is 17.9 Å². The topological polar surface area (TPSA) is 99.1 Å². The van der Waals surface area contributed by atoms with E-state index < -0.39 is 18.1 Å². The first kappa shape index (κ1) is 52.5. The van der Waals surface area contributed by atoms with E-state index in [-0.39, 0.29) is 49.1 Å². The first-order valence-corrected chi connectivity index (χ1v) is 21.6. The number of carboxylic acid groups (broad SMARTS) is 1. The molecule has 8 nitrogen and oxygen atoms in total. The average Bonchev–Trinajstić information content (AvgIpc) is 3.15. The largest absolute Gasteiger partial charge is 0.477 e. The molecule has 0 saturated heterocycles. The van der Waals surface area contributed by atoms with Crippen molar-refractivity contribution in [2.75, 3.05) is 41.0 Å². The van der Waals surface area contributed by atoms with Gasteiger partial charge in [0, 0.05) is 19.3 Å². The van der Waals surface area contributed by atoms with E-state index in [1.807, 2.05) is 27.2 Å². The molecule has 0 radical (unpaired) electrons. The molecule has 0 spiro atoms. The van der Waals surface area contributed by atoms with Crippen molar-refractivity contribution in [1.29, 1.82) is 0 Å². The van der Waals surface area contributed by atoms with Gasteiger partial charge in [0.2, 0.25) is 0 Å². The summed E-state index contributed by atoms with van der Waals surface area (Å²) in [6, 6.07) is -0.632. The summed E-state index contributed by atoms with van der Waals surface area (Å²) in [5, 5.41) is 9.61. The average molecular weight is 783 g/mol. The van der Waals surface area contributed by atoms with Crippen molar-refractivity contribution in [3.8, 4) is 0 Å². The lowest BCUT2D eigenvalue weighted by molar-refractivity contribution is -0.887. The van der Waals surface area contributed by atoms with E-state index in [0.717, 1.165) is 64.2 Å². The van der Waals surface area contributed by atoms with E-state index in [2.05, 4.69) is 92.8 Å². The van der Waals surface area contributed by atoms with Crippen molar-refractivity contribution in [3.63, 3.8) is 0 Å². The number of unbranched alkanes of at least 4 members (excludes halogenated alkanes) is 9. The van der Waals surface area contributed by atoms with Crippen LogP contribution in [0.4, 0.5) is 0 Å². The van der Waals surface area contributed by atoms with Gasteiger partial charge in [0.25, 0.3) is 0 Å². The Kier molecular flexibility index (Phi) is 36.0.